The second-order valence-electron chi connectivity index (χ2n) is 8.74. The number of aryl methyl sites for hydroxylation is 1. The number of hydrogen-bond donors (Lipinski definition) is 2. The van der Waals surface area contributed by atoms with Crippen LogP contribution >= 0.6 is 45.8 Å². The molecule has 14 heteroatoms. The molecule has 2 aromatic carbocycles. The number of halogens is 6. The van der Waals surface area contributed by atoms with E-state index in [2.05, 4.69) is 47.8 Å². The number of aromatic nitrogens is 4. The van der Waals surface area contributed by atoms with Crippen molar-refractivity contribution >= 4 is 62.9 Å². The normalized spacial score (nSPS) is 10.7. The highest BCUT2D eigenvalue weighted by molar-refractivity contribution is 14.1. The minimum Gasteiger partial charge on any atom is -0.444 e. The fourth-order valence-corrected chi connectivity index (χ4v) is 4.50. The number of oxazole rings is 2. The van der Waals surface area contributed by atoms with E-state index >= 15 is 0 Å². The van der Waals surface area contributed by atoms with E-state index in [1.54, 1.807) is 36.7 Å². The molecule has 0 aliphatic rings. The molecule has 0 radical (unpaired) electrons. The average molecular weight is 753 g/mol. The first-order chi connectivity index (χ1) is 21.0. The molecule has 4 aromatic heterocycles. The summed E-state index contributed by atoms with van der Waals surface area (Å²) in [6.45, 7) is 2.01. The zero-order valence-corrected chi connectivity index (χ0v) is 26.4. The number of hydrogen-bond acceptors (Lipinski definition) is 8. The molecular weight excluding hydrogens is 731 g/mol. The summed E-state index contributed by atoms with van der Waals surface area (Å²) in [5.74, 6) is 0.856. The number of anilines is 3. The monoisotopic (exact) mass is 752 g/mol. The maximum absolute atomic E-state index is 13.1. The van der Waals surface area contributed by atoms with Gasteiger partial charge in [0.15, 0.2) is 0 Å². The van der Waals surface area contributed by atoms with E-state index in [0.29, 0.717) is 40.1 Å². The number of benzene rings is 2. The van der Waals surface area contributed by atoms with Crippen molar-refractivity contribution in [1.82, 2.24) is 19.9 Å². The smallest absolute Gasteiger partial charge is 0.419 e. The fraction of sp³-hybridized carbons (Fsp3) is 0.0667. The Hall–Kier alpha value is -4.14. The van der Waals surface area contributed by atoms with E-state index in [-0.39, 0.29) is 10.8 Å². The van der Waals surface area contributed by atoms with Crippen LogP contribution in [0.5, 0.6) is 0 Å². The summed E-state index contributed by atoms with van der Waals surface area (Å²) in [6.07, 6.45) is 3.87. The predicted molar refractivity (Wildman–Crippen MR) is 173 cm³/mol. The molecule has 0 bridgehead atoms. The van der Waals surface area contributed by atoms with Crippen LogP contribution in [0.15, 0.2) is 107 Å². The highest BCUT2D eigenvalue weighted by Crippen LogP contribution is 2.38. The summed E-state index contributed by atoms with van der Waals surface area (Å²) >= 11 is 13.5. The lowest BCUT2D eigenvalue weighted by molar-refractivity contribution is -0.137. The van der Waals surface area contributed by atoms with E-state index in [0.717, 1.165) is 15.2 Å². The number of para-hydroxylation sites is 2. The summed E-state index contributed by atoms with van der Waals surface area (Å²) in [5.41, 5.74) is 8.22. The van der Waals surface area contributed by atoms with E-state index in [1.807, 2.05) is 37.3 Å². The number of rotatable bonds is 4. The van der Waals surface area contributed by atoms with Crippen LogP contribution in [0.25, 0.3) is 22.9 Å². The summed E-state index contributed by atoms with van der Waals surface area (Å²) in [5, 5.41) is 3.25. The van der Waals surface area contributed by atoms with Gasteiger partial charge in [0.25, 0.3) is 0 Å². The molecule has 0 spiro atoms. The molecule has 3 N–H and O–H groups in total. The Labute approximate surface area is 273 Å². The molecule has 226 valence electrons. The molecule has 0 aliphatic heterocycles. The van der Waals surface area contributed by atoms with Crippen LogP contribution < -0.4 is 11.1 Å². The van der Waals surface area contributed by atoms with Crippen LogP contribution in [-0.4, -0.2) is 19.9 Å². The van der Waals surface area contributed by atoms with Crippen molar-refractivity contribution in [3.8, 4) is 22.9 Å². The average Bonchev–Trinajstić information content (AvgIpc) is 3.71. The van der Waals surface area contributed by atoms with E-state index in [4.69, 9.17) is 37.8 Å². The van der Waals surface area contributed by atoms with Gasteiger partial charge >= 0.3 is 6.18 Å². The molecule has 0 fully saturated rings. The minimum atomic E-state index is -4.56. The van der Waals surface area contributed by atoms with Gasteiger partial charge in [0, 0.05) is 21.7 Å². The standard InChI is InChI=1S/C15H9ClF3N3O.C9H8N2O.C6H5ClIN/c16-13-7-12(10(8-21-13)15(17,18)19)22-11-4-2-1-3-9(11)14-20-5-6-23-14;10-8-4-2-1-3-7(8)9-11-5-6-12-9;1-4-3-9-6(7)2-5(4)8/h1-8H,(H,21,22);1-6H,10H2;2-3H,1H3. The highest BCUT2D eigenvalue weighted by atomic mass is 127. The number of pyridine rings is 2. The third kappa shape index (κ3) is 8.94. The molecule has 0 atom stereocenters. The Morgan fingerprint density at radius 2 is 1.34 bits per heavy atom. The first kappa shape index (κ1) is 32.8. The number of nitrogens with one attached hydrogen (secondary N) is 1. The molecular formula is C30H22Cl2F3IN6O2. The van der Waals surface area contributed by atoms with Crippen molar-refractivity contribution < 1.29 is 22.0 Å². The lowest BCUT2D eigenvalue weighted by atomic mass is 10.1. The van der Waals surface area contributed by atoms with Crippen molar-refractivity contribution in [2.45, 2.75) is 13.1 Å². The zero-order valence-electron chi connectivity index (χ0n) is 22.7. The Morgan fingerprint density at radius 1 is 0.773 bits per heavy atom. The third-order valence-corrected chi connectivity index (χ3v) is 7.24. The van der Waals surface area contributed by atoms with Gasteiger partial charge in [0.2, 0.25) is 11.8 Å². The lowest BCUT2D eigenvalue weighted by Gasteiger charge is -2.15. The molecule has 8 nitrogen and oxygen atoms in total. The first-order valence-corrected chi connectivity index (χ1v) is 14.4. The number of nitrogen functional groups attached to an aromatic ring is 1. The number of alkyl halides is 3. The van der Waals surface area contributed by atoms with Crippen molar-refractivity contribution in [1.29, 1.82) is 0 Å². The summed E-state index contributed by atoms with van der Waals surface area (Å²) in [4.78, 5) is 15.4. The SMILES string of the molecule is Cc1cnc(Cl)cc1I.FC(F)(F)c1cnc(Cl)cc1Nc1ccccc1-c1ncco1.Nc1ccccc1-c1ncco1. The second kappa shape index (κ2) is 15.0. The maximum atomic E-state index is 13.1. The second-order valence-corrected chi connectivity index (χ2v) is 10.7. The molecule has 0 aliphatic carbocycles. The van der Waals surface area contributed by atoms with Crippen molar-refractivity contribution in [2.75, 3.05) is 11.1 Å². The molecule has 6 rings (SSSR count). The van der Waals surface area contributed by atoms with Gasteiger partial charge in [-0.3, -0.25) is 0 Å². The summed E-state index contributed by atoms with van der Waals surface area (Å²) in [6, 6.07) is 17.2. The molecule has 0 saturated carbocycles. The topological polar surface area (TPSA) is 116 Å². The minimum absolute atomic E-state index is 0.0471. The fourth-order valence-electron chi connectivity index (χ4n) is 3.56. The van der Waals surface area contributed by atoms with Crippen LogP contribution in [0, 0.1) is 10.5 Å². The third-order valence-electron chi connectivity index (χ3n) is 5.66. The zero-order chi connectivity index (χ0) is 31.7. The van der Waals surface area contributed by atoms with Gasteiger partial charge in [-0.05, 0) is 71.5 Å². The van der Waals surface area contributed by atoms with Gasteiger partial charge in [-0.15, -0.1) is 0 Å². The molecule has 0 saturated heterocycles. The molecule has 0 amide bonds. The van der Waals surface area contributed by atoms with Gasteiger partial charge in [-0.25, -0.2) is 19.9 Å². The number of nitrogens with two attached hydrogens (primary N) is 1. The van der Waals surface area contributed by atoms with Crippen molar-refractivity contribution in [2.24, 2.45) is 0 Å². The van der Waals surface area contributed by atoms with Crippen LogP contribution in [0.3, 0.4) is 0 Å². The molecule has 0 unspecified atom stereocenters. The van der Waals surface area contributed by atoms with E-state index < -0.39 is 11.7 Å². The summed E-state index contributed by atoms with van der Waals surface area (Å²) < 4.78 is 50.8. The molecule has 4 heterocycles. The Balaban J connectivity index is 0.000000174. The van der Waals surface area contributed by atoms with E-state index in [1.165, 1.54) is 24.3 Å². The van der Waals surface area contributed by atoms with Gasteiger partial charge in [0.1, 0.15) is 22.8 Å². The first-order valence-electron chi connectivity index (χ1n) is 12.5. The van der Waals surface area contributed by atoms with Gasteiger partial charge in [0.05, 0.1) is 40.5 Å². The molecule has 44 heavy (non-hydrogen) atoms. The predicted octanol–water partition coefficient (Wildman–Crippen LogP) is 9.72. The largest absolute Gasteiger partial charge is 0.444 e. The van der Waals surface area contributed by atoms with Gasteiger partial charge < -0.3 is 19.9 Å². The van der Waals surface area contributed by atoms with Crippen LogP contribution in [-0.2, 0) is 6.18 Å². The maximum Gasteiger partial charge on any atom is 0.419 e. The Morgan fingerprint density at radius 3 is 1.91 bits per heavy atom. The van der Waals surface area contributed by atoms with Crippen LogP contribution in [0.4, 0.5) is 30.2 Å². The lowest BCUT2D eigenvalue weighted by Crippen LogP contribution is -2.10. The van der Waals surface area contributed by atoms with Crippen molar-refractivity contribution in [3.63, 3.8) is 0 Å². The highest BCUT2D eigenvalue weighted by Gasteiger charge is 2.34. The quantitative estimate of drug-likeness (QED) is 0.104. The molecule has 6 aromatic rings. The van der Waals surface area contributed by atoms with Crippen LogP contribution in [0.2, 0.25) is 10.3 Å². The van der Waals surface area contributed by atoms with E-state index in [9.17, 15) is 13.2 Å². The van der Waals surface area contributed by atoms with Gasteiger partial charge in [-0.1, -0.05) is 47.5 Å². The number of nitrogens with zero attached hydrogens (tertiary/aromatic N) is 4. The summed E-state index contributed by atoms with van der Waals surface area (Å²) in [7, 11) is 0. The van der Waals surface area contributed by atoms with Crippen molar-refractivity contribution in [3.05, 3.63) is 123 Å². The van der Waals surface area contributed by atoms with Gasteiger partial charge in [-0.2, -0.15) is 13.2 Å². The van der Waals surface area contributed by atoms with Crippen LogP contribution in [0.1, 0.15) is 11.1 Å². The Kier molecular flexibility index (Phi) is 11.2. The Bertz CT molecular complexity index is 1800.